The fourth-order valence-corrected chi connectivity index (χ4v) is 7.40. The van der Waals surface area contributed by atoms with Crippen molar-refractivity contribution in [2.45, 2.75) is 48.5 Å². The monoisotopic (exact) mass is 432 g/mol. The van der Waals surface area contributed by atoms with Crippen LogP contribution in [0.4, 0.5) is 0 Å². The summed E-state index contributed by atoms with van der Waals surface area (Å²) in [6.45, 7) is 13.1. The summed E-state index contributed by atoms with van der Waals surface area (Å²) >= 11 is 0. The first kappa shape index (κ1) is 22.9. The Bertz CT molecular complexity index is 1150. The number of aryl methyl sites for hydroxylation is 7. The molecule has 3 aromatic carbocycles. The molecule has 4 heteroatoms. The van der Waals surface area contributed by atoms with Gasteiger partial charge >= 0.3 is 0 Å². The van der Waals surface area contributed by atoms with Gasteiger partial charge in [-0.15, -0.1) is 0 Å². The van der Waals surface area contributed by atoms with Crippen molar-refractivity contribution in [3.63, 3.8) is 0 Å². The van der Waals surface area contributed by atoms with Gasteiger partial charge < -0.3 is 4.57 Å². The number of carbonyl (C=O) groups excluding carboxylic acids is 2. The Morgan fingerprint density at radius 2 is 0.935 bits per heavy atom. The van der Waals surface area contributed by atoms with E-state index in [2.05, 4.69) is 0 Å². The molecule has 3 rings (SSSR count). The van der Waals surface area contributed by atoms with E-state index in [4.69, 9.17) is 0 Å². The van der Waals surface area contributed by atoms with Crippen LogP contribution >= 0.6 is 7.14 Å². The van der Waals surface area contributed by atoms with Crippen molar-refractivity contribution in [1.82, 2.24) is 0 Å². The van der Waals surface area contributed by atoms with Crippen molar-refractivity contribution in [3.8, 4) is 0 Å². The van der Waals surface area contributed by atoms with Crippen LogP contribution in [0.15, 0.2) is 48.5 Å². The molecule has 0 aliphatic carbocycles. The Hall–Kier alpha value is -2.77. The van der Waals surface area contributed by atoms with Crippen LogP contribution in [-0.2, 0) is 4.57 Å². The Labute approximate surface area is 184 Å². The summed E-state index contributed by atoms with van der Waals surface area (Å²) < 4.78 is 14.7. The third kappa shape index (κ3) is 3.95. The van der Waals surface area contributed by atoms with Crippen LogP contribution in [0.3, 0.4) is 0 Å². The molecule has 0 spiro atoms. The Kier molecular flexibility index (Phi) is 6.21. The molecule has 0 bridgehead atoms. The highest BCUT2D eigenvalue weighted by Gasteiger charge is 2.45. The molecule has 3 nitrogen and oxygen atoms in total. The molecule has 0 N–H and O–H groups in total. The smallest absolute Gasteiger partial charge is 0.248 e. The molecule has 0 saturated heterocycles. The van der Waals surface area contributed by atoms with E-state index in [0.29, 0.717) is 22.0 Å². The highest BCUT2D eigenvalue weighted by atomic mass is 31.2. The minimum absolute atomic E-state index is 0.323. The zero-order valence-electron chi connectivity index (χ0n) is 19.3. The molecule has 0 unspecified atom stereocenters. The van der Waals surface area contributed by atoms with Gasteiger partial charge in [-0.25, -0.2) is 0 Å². The maximum absolute atomic E-state index is 14.7. The normalized spacial score (nSPS) is 11.5. The minimum Gasteiger partial charge on any atom is -0.302 e. The Balaban J connectivity index is 2.36. The first-order valence-corrected chi connectivity index (χ1v) is 12.1. The molecule has 31 heavy (non-hydrogen) atoms. The fraction of sp³-hybridized carbons (Fsp3) is 0.259. The SMILES string of the molecule is Cc1cc(C)c(C(=O)P(=O)(C(=O)c2c(C)cc(C)cc2C)c2ccccc2C)c(C)c1. The lowest BCUT2D eigenvalue weighted by atomic mass is 10.0. The summed E-state index contributed by atoms with van der Waals surface area (Å²) in [5.74, 6) is 0. The van der Waals surface area contributed by atoms with Crippen molar-refractivity contribution < 1.29 is 14.2 Å². The van der Waals surface area contributed by atoms with E-state index in [-0.39, 0.29) is 0 Å². The number of carbonyl (C=O) groups is 2. The van der Waals surface area contributed by atoms with Crippen LogP contribution in [0.25, 0.3) is 0 Å². The molecule has 0 aromatic heterocycles. The molecule has 0 atom stereocenters. The van der Waals surface area contributed by atoms with Crippen molar-refractivity contribution >= 4 is 23.5 Å². The zero-order chi connectivity index (χ0) is 23.1. The first-order valence-electron chi connectivity index (χ1n) is 10.4. The molecule has 0 radical (unpaired) electrons. The number of hydrogen-bond donors (Lipinski definition) is 0. The van der Waals surface area contributed by atoms with Crippen LogP contribution in [0.1, 0.15) is 59.7 Å². The Morgan fingerprint density at radius 3 is 1.29 bits per heavy atom. The van der Waals surface area contributed by atoms with E-state index in [0.717, 1.165) is 33.4 Å². The third-order valence-electron chi connectivity index (χ3n) is 5.81. The van der Waals surface area contributed by atoms with Crippen molar-refractivity contribution in [2.24, 2.45) is 0 Å². The predicted octanol–water partition coefficient (Wildman–Crippen LogP) is 6.51. The van der Waals surface area contributed by atoms with Gasteiger partial charge in [0.05, 0.1) is 0 Å². The maximum Gasteiger partial charge on any atom is 0.248 e. The Morgan fingerprint density at radius 1 is 0.581 bits per heavy atom. The van der Waals surface area contributed by atoms with Crippen LogP contribution in [0.5, 0.6) is 0 Å². The largest absolute Gasteiger partial charge is 0.302 e. The molecular formula is C27H29O3P. The van der Waals surface area contributed by atoms with Gasteiger partial charge in [0.25, 0.3) is 0 Å². The minimum atomic E-state index is -4.15. The molecule has 3 aromatic rings. The van der Waals surface area contributed by atoms with Crippen LogP contribution in [0, 0.1) is 48.5 Å². The molecule has 0 heterocycles. The summed E-state index contributed by atoms with van der Waals surface area (Å²) in [7, 11) is -4.15. The second-order valence-electron chi connectivity index (χ2n) is 8.55. The molecule has 0 fully saturated rings. The van der Waals surface area contributed by atoms with Gasteiger partial charge in [0, 0.05) is 16.4 Å². The predicted molar refractivity (Wildman–Crippen MR) is 128 cm³/mol. The van der Waals surface area contributed by atoms with Crippen LogP contribution < -0.4 is 5.30 Å². The first-order chi connectivity index (χ1) is 14.5. The molecule has 160 valence electrons. The summed E-state index contributed by atoms with van der Waals surface area (Å²) in [4.78, 5) is 28.0. The van der Waals surface area contributed by atoms with Gasteiger partial charge in [-0.05, 0) is 76.3 Å². The van der Waals surface area contributed by atoms with E-state index < -0.39 is 18.2 Å². The average molecular weight is 433 g/mol. The number of hydrogen-bond acceptors (Lipinski definition) is 3. The lowest BCUT2D eigenvalue weighted by Gasteiger charge is -2.22. The van der Waals surface area contributed by atoms with E-state index >= 15 is 0 Å². The topological polar surface area (TPSA) is 51.2 Å². The molecule has 0 aliphatic heterocycles. The zero-order valence-corrected chi connectivity index (χ0v) is 20.2. The van der Waals surface area contributed by atoms with Gasteiger partial charge in [-0.1, -0.05) is 59.7 Å². The standard InChI is InChI=1S/C27H29O3P/c1-16-12-19(4)24(20(5)13-16)26(28)31(30,23-11-9-8-10-18(23)3)27(29)25-21(6)14-17(2)15-22(25)7/h8-15H,1-7H3. The summed E-state index contributed by atoms with van der Waals surface area (Å²) in [6.07, 6.45) is 0. The number of benzene rings is 3. The molecule has 0 aliphatic rings. The van der Waals surface area contributed by atoms with Crippen molar-refractivity contribution in [2.75, 3.05) is 0 Å². The quantitative estimate of drug-likeness (QED) is 0.432. The molecular weight excluding hydrogens is 403 g/mol. The van der Waals surface area contributed by atoms with E-state index in [1.54, 1.807) is 25.1 Å². The van der Waals surface area contributed by atoms with Gasteiger partial charge in [-0.2, -0.15) is 0 Å². The van der Waals surface area contributed by atoms with Gasteiger partial charge in [0.1, 0.15) is 0 Å². The highest BCUT2D eigenvalue weighted by Crippen LogP contribution is 2.53. The third-order valence-corrected chi connectivity index (χ3v) is 8.58. The maximum atomic E-state index is 14.7. The summed E-state index contributed by atoms with van der Waals surface area (Å²) in [5, 5.41) is 0.323. The van der Waals surface area contributed by atoms with Crippen LogP contribution in [0.2, 0.25) is 0 Å². The fourth-order valence-electron chi connectivity index (χ4n) is 4.58. The van der Waals surface area contributed by atoms with E-state index in [9.17, 15) is 14.2 Å². The summed E-state index contributed by atoms with van der Waals surface area (Å²) in [6, 6.07) is 14.6. The average Bonchev–Trinajstić information content (AvgIpc) is 2.65. The lowest BCUT2D eigenvalue weighted by molar-refractivity contribution is 0.104. The van der Waals surface area contributed by atoms with Crippen molar-refractivity contribution in [1.29, 1.82) is 0 Å². The highest BCUT2D eigenvalue weighted by molar-refractivity contribution is 8.01. The molecule has 0 saturated carbocycles. The van der Waals surface area contributed by atoms with Crippen molar-refractivity contribution in [3.05, 3.63) is 98.6 Å². The van der Waals surface area contributed by atoms with E-state index in [1.807, 2.05) is 71.9 Å². The molecule has 0 amide bonds. The van der Waals surface area contributed by atoms with Gasteiger partial charge in [-0.3, -0.25) is 9.59 Å². The lowest BCUT2D eigenvalue weighted by Crippen LogP contribution is -2.24. The summed E-state index contributed by atoms with van der Waals surface area (Å²) in [5.41, 5.74) is 5.27. The number of rotatable bonds is 5. The van der Waals surface area contributed by atoms with Gasteiger partial charge in [0.15, 0.2) is 0 Å². The second kappa shape index (κ2) is 8.40. The second-order valence-corrected chi connectivity index (χ2v) is 11.1. The van der Waals surface area contributed by atoms with Crippen LogP contribution in [-0.4, -0.2) is 11.0 Å². The van der Waals surface area contributed by atoms with E-state index in [1.165, 1.54) is 0 Å². The van der Waals surface area contributed by atoms with Gasteiger partial charge in [0.2, 0.25) is 18.2 Å².